The van der Waals surface area contributed by atoms with Gasteiger partial charge in [0.15, 0.2) is 0 Å². The fraction of sp³-hybridized carbons (Fsp3) is 0. The van der Waals surface area contributed by atoms with Crippen molar-refractivity contribution in [2.45, 2.75) is 0 Å². The van der Waals surface area contributed by atoms with E-state index >= 15 is 0 Å². The number of hydrogen-bond acceptors (Lipinski definition) is 10. The van der Waals surface area contributed by atoms with Crippen LogP contribution in [0, 0.1) is 102 Å². The second-order valence-corrected chi connectivity index (χ2v) is 18.8. The van der Waals surface area contributed by atoms with Gasteiger partial charge in [-0.3, -0.25) is 4.98 Å². The Morgan fingerprint density at radius 1 is 0.250 bits per heavy atom. The van der Waals surface area contributed by atoms with Crippen molar-refractivity contribution in [1.82, 2.24) is 14.1 Å². The molecule has 0 amide bonds. The molecular formula is C68H30N12. The molecule has 0 aliphatic heterocycles. The molecule has 0 unspecified atom stereocenters. The van der Waals surface area contributed by atoms with Crippen molar-refractivity contribution in [3.05, 3.63) is 232 Å². The van der Waals surface area contributed by atoms with Gasteiger partial charge in [-0.2, -0.15) is 47.4 Å². The Morgan fingerprint density at radius 2 is 0.562 bits per heavy atom. The zero-order chi connectivity index (χ0) is 55.2. The predicted octanol–water partition coefficient (Wildman–Crippen LogP) is 14.5. The Labute approximate surface area is 456 Å². The fourth-order valence-corrected chi connectivity index (χ4v) is 10.9. The lowest BCUT2D eigenvalue weighted by atomic mass is 9.95. The van der Waals surface area contributed by atoms with E-state index in [4.69, 9.17) is 0 Å². The lowest BCUT2D eigenvalue weighted by molar-refractivity contribution is 1.13. The Bertz CT molecular complexity index is 4860. The molecular weight excluding hydrogens is 985 g/mol. The van der Waals surface area contributed by atoms with E-state index in [1.165, 1.54) is 0 Å². The number of rotatable bonds is 7. The zero-order valence-electron chi connectivity index (χ0n) is 41.7. The molecule has 12 rings (SSSR count). The van der Waals surface area contributed by atoms with Crippen LogP contribution in [0.25, 0.3) is 111 Å². The first-order chi connectivity index (χ1) is 39.2. The van der Waals surface area contributed by atoms with Crippen molar-refractivity contribution in [1.29, 1.82) is 47.4 Å². The lowest BCUT2D eigenvalue weighted by Gasteiger charge is -2.19. The molecule has 0 bridgehead atoms. The van der Waals surface area contributed by atoms with Gasteiger partial charge in [-0.1, -0.05) is 48.5 Å². The molecule has 362 valence electrons. The smallest absolute Gasteiger partial charge is 0.101 e. The van der Waals surface area contributed by atoms with E-state index in [1.54, 1.807) is 85.2 Å². The van der Waals surface area contributed by atoms with Gasteiger partial charge < -0.3 is 9.13 Å². The molecule has 9 aromatic carbocycles. The SMILES string of the molecule is N#Cc1ccc(-c2ccc3c(c2)c2cc(-c4ccc(C#N)cc4C#N)ccc2n3-c2cc(-c3ccncc3)c(-n3c4ccc(-c5ccc(C#N)cc5C#N)cc4c4cc(-c5ccc(C#N)cc5C#N)ccc43)cc2C#N)c(C#N)c1. The van der Waals surface area contributed by atoms with Gasteiger partial charge in [0.25, 0.3) is 0 Å². The van der Waals surface area contributed by atoms with E-state index in [9.17, 15) is 47.4 Å². The van der Waals surface area contributed by atoms with Crippen molar-refractivity contribution < 1.29 is 0 Å². The fourth-order valence-electron chi connectivity index (χ4n) is 10.9. The van der Waals surface area contributed by atoms with Crippen LogP contribution < -0.4 is 0 Å². The summed E-state index contributed by atoms with van der Waals surface area (Å²) in [4.78, 5) is 4.37. The normalized spacial score (nSPS) is 10.6. The molecule has 80 heavy (non-hydrogen) atoms. The Kier molecular flexibility index (Phi) is 11.7. The van der Waals surface area contributed by atoms with Crippen LogP contribution in [0.15, 0.2) is 182 Å². The summed E-state index contributed by atoms with van der Waals surface area (Å²) in [5.74, 6) is 0. The van der Waals surface area contributed by atoms with Crippen LogP contribution >= 0.6 is 0 Å². The minimum atomic E-state index is 0.318. The summed E-state index contributed by atoms with van der Waals surface area (Å²) in [7, 11) is 0. The average Bonchev–Trinajstić information content (AvgIpc) is 4.20. The molecule has 12 aromatic rings. The second kappa shape index (κ2) is 19.4. The molecule has 0 aliphatic rings. The number of nitrogens with zero attached hydrogens (tertiary/aromatic N) is 12. The van der Waals surface area contributed by atoms with E-state index in [0.717, 1.165) is 77.0 Å². The van der Waals surface area contributed by atoms with Crippen LogP contribution in [0.1, 0.15) is 50.1 Å². The van der Waals surface area contributed by atoms with Crippen molar-refractivity contribution >= 4 is 43.6 Å². The van der Waals surface area contributed by atoms with Gasteiger partial charge in [-0.05, 0) is 171 Å². The minimum absolute atomic E-state index is 0.318. The number of fused-ring (bicyclic) bond motifs is 6. The maximum Gasteiger partial charge on any atom is 0.101 e. The summed E-state index contributed by atoms with van der Waals surface area (Å²) in [6.45, 7) is 0. The summed E-state index contributed by atoms with van der Waals surface area (Å²) in [5.41, 5.74) is 14.2. The van der Waals surface area contributed by atoms with Gasteiger partial charge in [0, 0.05) is 39.5 Å². The first-order valence-corrected chi connectivity index (χ1v) is 24.7. The van der Waals surface area contributed by atoms with Crippen molar-refractivity contribution in [2.24, 2.45) is 0 Å². The zero-order valence-corrected chi connectivity index (χ0v) is 41.7. The number of pyridine rings is 1. The van der Waals surface area contributed by atoms with Gasteiger partial charge >= 0.3 is 0 Å². The molecule has 3 heterocycles. The largest absolute Gasteiger partial charge is 0.309 e. The summed E-state index contributed by atoms with van der Waals surface area (Å²) >= 11 is 0. The maximum absolute atomic E-state index is 11.5. The van der Waals surface area contributed by atoms with Crippen molar-refractivity contribution in [3.8, 4) is 122 Å². The lowest BCUT2D eigenvalue weighted by Crippen LogP contribution is -2.04. The third-order valence-corrected chi connectivity index (χ3v) is 14.6. The molecule has 0 aliphatic carbocycles. The van der Waals surface area contributed by atoms with Crippen LogP contribution in [-0.2, 0) is 0 Å². The summed E-state index contributed by atoms with van der Waals surface area (Å²) in [6, 6.07) is 71.3. The van der Waals surface area contributed by atoms with E-state index in [1.807, 2.05) is 102 Å². The van der Waals surface area contributed by atoms with E-state index in [-0.39, 0.29) is 0 Å². The highest BCUT2D eigenvalue weighted by molar-refractivity contribution is 6.14. The Morgan fingerprint density at radius 3 is 0.863 bits per heavy atom. The van der Waals surface area contributed by atoms with Gasteiger partial charge in [0.1, 0.15) is 6.07 Å². The number of nitriles is 9. The topological polar surface area (TPSA) is 237 Å². The molecule has 0 radical (unpaired) electrons. The molecule has 3 aromatic heterocycles. The van der Waals surface area contributed by atoms with Crippen LogP contribution in [0.3, 0.4) is 0 Å². The van der Waals surface area contributed by atoms with Crippen LogP contribution in [0.4, 0.5) is 0 Å². The van der Waals surface area contributed by atoms with E-state index in [2.05, 4.69) is 64.2 Å². The molecule has 12 nitrogen and oxygen atoms in total. The van der Waals surface area contributed by atoms with Crippen LogP contribution in [-0.4, -0.2) is 14.1 Å². The molecule has 0 atom stereocenters. The summed E-state index contributed by atoms with van der Waals surface area (Å²) in [5, 5.41) is 94.5. The summed E-state index contributed by atoms with van der Waals surface area (Å²) in [6.07, 6.45) is 3.41. The van der Waals surface area contributed by atoms with E-state index in [0.29, 0.717) is 83.7 Å². The molecule has 12 heteroatoms. The number of hydrogen-bond donors (Lipinski definition) is 0. The standard InChI is InChI=1S/C68H30N12/c69-31-40-1-9-54(49(21-40)35-73)45-5-13-63-59(25-45)60-26-46(55-10-2-41(32-70)22-50(55)36-74)6-14-64(60)79(63)67-30-58(44-17-19-78-20-18-44)68(29-53(67)39-77)80-65-15-7-47(56-11-3-42(33-71)23-51(56)37-75)27-61(65)62-28-48(8-16-66(62)80)57-12-4-43(34-72)24-52(57)38-76/h1-30H. The van der Waals surface area contributed by atoms with Crippen molar-refractivity contribution in [3.63, 3.8) is 0 Å². The number of aromatic nitrogens is 3. The Hall–Kier alpha value is -12.9. The Balaban J connectivity index is 1.15. The third-order valence-electron chi connectivity index (χ3n) is 14.6. The molecule has 0 N–H and O–H groups in total. The maximum atomic E-state index is 11.5. The number of benzene rings is 9. The third kappa shape index (κ3) is 7.82. The van der Waals surface area contributed by atoms with Gasteiger partial charge in [0.05, 0.1) is 132 Å². The second-order valence-electron chi connectivity index (χ2n) is 18.8. The first-order valence-electron chi connectivity index (χ1n) is 24.7. The first kappa shape index (κ1) is 48.1. The minimum Gasteiger partial charge on any atom is -0.309 e. The highest BCUT2D eigenvalue weighted by Gasteiger charge is 2.24. The van der Waals surface area contributed by atoms with Crippen molar-refractivity contribution in [2.75, 3.05) is 0 Å². The highest BCUT2D eigenvalue weighted by atomic mass is 15.0. The molecule has 0 spiro atoms. The molecule has 0 fully saturated rings. The predicted molar refractivity (Wildman–Crippen MR) is 303 cm³/mol. The molecule has 0 saturated carbocycles. The summed E-state index contributed by atoms with van der Waals surface area (Å²) < 4.78 is 4.14. The van der Waals surface area contributed by atoms with Crippen LogP contribution in [0.5, 0.6) is 0 Å². The van der Waals surface area contributed by atoms with Gasteiger partial charge in [0.2, 0.25) is 0 Å². The molecule has 0 saturated heterocycles. The van der Waals surface area contributed by atoms with Crippen LogP contribution in [0.2, 0.25) is 0 Å². The average molecular weight is 1020 g/mol. The highest BCUT2D eigenvalue weighted by Crippen LogP contribution is 2.44. The monoisotopic (exact) mass is 1010 g/mol. The quantitative estimate of drug-likeness (QED) is 0.146. The van der Waals surface area contributed by atoms with Gasteiger partial charge in [-0.15, -0.1) is 0 Å². The van der Waals surface area contributed by atoms with E-state index < -0.39 is 0 Å². The van der Waals surface area contributed by atoms with Gasteiger partial charge in [-0.25, -0.2) is 0 Å².